The number of fused-ring (bicyclic) bond motifs is 1. The number of carbonyl (C=O) groups excluding carboxylic acids is 1. The van der Waals surface area contributed by atoms with Crippen molar-refractivity contribution in [3.05, 3.63) is 65.7 Å². The Balaban J connectivity index is 1.52. The van der Waals surface area contributed by atoms with E-state index in [2.05, 4.69) is 4.99 Å². The van der Waals surface area contributed by atoms with Crippen LogP contribution in [0.1, 0.15) is 11.1 Å². The van der Waals surface area contributed by atoms with Crippen LogP contribution in [0.3, 0.4) is 0 Å². The summed E-state index contributed by atoms with van der Waals surface area (Å²) in [5, 5.41) is 0. The number of rotatable bonds is 4. The van der Waals surface area contributed by atoms with Crippen molar-refractivity contribution in [3.63, 3.8) is 0 Å². The Morgan fingerprint density at radius 3 is 2.71 bits per heavy atom. The van der Waals surface area contributed by atoms with Crippen LogP contribution in [0.5, 0.6) is 0 Å². The first kappa shape index (κ1) is 13.4. The molecule has 2 aromatic rings. The lowest BCUT2D eigenvalue weighted by molar-refractivity contribution is -0.145. The van der Waals surface area contributed by atoms with E-state index in [1.54, 1.807) is 6.34 Å². The highest BCUT2D eigenvalue weighted by Crippen LogP contribution is 2.23. The van der Waals surface area contributed by atoms with Crippen LogP contribution < -0.4 is 0 Å². The maximum absolute atomic E-state index is 11.9. The first-order valence-electron chi connectivity index (χ1n) is 6.87. The van der Waals surface area contributed by atoms with Gasteiger partial charge in [0.1, 0.15) is 13.2 Å². The van der Waals surface area contributed by atoms with Gasteiger partial charge < -0.3 is 9.64 Å². The molecule has 0 saturated heterocycles. The first-order chi connectivity index (χ1) is 10.3. The molecule has 21 heavy (non-hydrogen) atoms. The molecule has 0 saturated carbocycles. The number of nitrogens with zero attached hydrogens (tertiary/aromatic N) is 2. The molecule has 0 radical (unpaired) electrons. The van der Waals surface area contributed by atoms with Crippen molar-refractivity contribution in [2.45, 2.75) is 13.2 Å². The number of hydrogen-bond acceptors (Lipinski definition) is 4. The molecule has 106 valence electrons. The highest BCUT2D eigenvalue weighted by atomic mass is 16.5. The number of ether oxygens (including phenoxy) is 1. The molecule has 4 nitrogen and oxygen atoms in total. The van der Waals surface area contributed by atoms with Crippen molar-refractivity contribution in [1.29, 1.82) is 0 Å². The number of aliphatic imine (C=N–C) groups is 1. The van der Waals surface area contributed by atoms with Gasteiger partial charge in [-0.1, -0.05) is 48.5 Å². The summed E-state index contributed by atoms with van der Waals surface area (Å²) in [5.41, 5.74) is 3.07. The van der Waals surface area contributed by atoms with Gasteiger partial charge in [-0.25, -0.2) is 4.99 Å². The average Bonchev–Trinajstić information content (AvgIpc) is 2.54. The summed E-state index contributed by atoms with van der Waals surface area (Å²) in [6, 6.07) is 17.6. The van der Waals surface area contributed by atoms with Gasteiger partial charge in [-0.2, -0.15) is 0 Å². The molecule has 4 heteroatoms. The molecule has 1 aliphatic heterocycles. The van der Waals surface area contributed by atoms with E-state index in [0.29, 0.717) is 13.2 Å². The third-order valence-electron chi connectivity index (χ3n) is 3.30. The maximum Gasteiger partial charge on any atom is 0.325 e. The van der Waals surface area contributed by atoms with Gasteiger partial charge in [0.15, 0.2) is 0 Å². The van der Waals surface area contributed by atoms with Crippen LogP contribution in [0, 0.1) is 0 Å². The summed E-state index contributed by atoms with van der Waals surface area (Å²) in [6.45, 7) is 1.20. The summed E-state index contributed by atoms with van der Waals surface area (Å²) in [4.78, 5) is 18.1. The molecule has 1 aliphatic rings. The molecule has 3 rings (SSSR count). The van der Waals surface area contributed by atoms with Crippen molar-refractivity contribution in [1.82, 2.24) is 4.90 Å². The lowest BCUT2D eigenvalue weighted by Crippen LogP contribution is -2.30. The monoisotopic (exact) mass is 280 g/mol. The zero-order chi connectivity index (χ0) is 14.5. The summed E-state index contributed by atoms with van der Waals surface area (Å²) in [5.74, 6) is -0.246. The Morgan fingerprint density at radius 1 is 1.10 bits per heavy atom. The minimum absolute atomic E-state index is 0.213. The van der Waals surface area contributed by atoms with E-state index < -0.39 is 0 Å². The molecule has 0 bridgehead atoms. The predicted molar refractivity (Wildman–Crippen MR) is 81.2 cm³/mol. The van der Waals surface area contributed by atoms with E-state index in [9.17, 15) is 4.79 Å². The highest BCUT2D eigenvalue weighted by Gasteiger charge is 2.14. The molecule has 0 unspecified atom stereocenters. The van der Waals surface area contributed by atoms with Gasteiger partial charge in [0, 0.05) is 6.54 Å². The third kappa shape index (κ3) is 3.48. The van der Waals surface area contributed by atoms with Gasteiger partial charge >= 0.3 is 5.97 Å². The van der Waals surface area contributed by atoms with E-state index in [4.69, 9.17) is 4.74 Å². The molecule has 0 fully saturated rings. The molecular formula is C17H16N2O2. The zero-order valence-electron chi connectivity index (χ0n) is 11.6. The molecule has 0 amide bonds. The number of benzene rings is 2. The molecule has 0 N–H and O–H groups in total. The summed E-state index contributed by atoms with van der Waals surface area (Å²) in [7, 11) is 0. The van der Waals surface area contributed by atoms with Crippen LogP contribution in [-0.2, 0) is 22.7 Å². The second-order valence-corrected chi connectivity index (χ2v) is 4.92. The molecular weight excluding hydrogens is 264 g/mol. The number of carbonyl (C=O) groups is 1. The number of hydrogen-bond donors (Lipinski definition) is 0. The van der Waals surface area contributed by atoms with Crippen LogP contribution in [0.25, 0.3) is 0 Å². The zero-order valence-corrected chi connectivity index (χ0v) is 11.6. The minimum atomic E-state index is -0.246. The van der Waals surface area contributed by atoms with Gasteiger partial charge in [-0.05, 0) is 17.2 Å². The summed E-state index contributed by atoms with van der Waals surface area (Å²) < 4.78 is 5.28. The quantitative estimate of drug-likeness (QED) is 0.809. The smallest absolute Gasteiger partial charge is 0.325 e. The fraction of sp³-hybridized carbons (Fsp3) is 0.176. The van der Waals surface area contributed by atoms with Gasteiger partial charge in [-0.3, -0.25) is 4.79 Å². The fourth-order valence-electron chi connectivity index (χ4n) is 2.22. The van der Waals surface area contributed by atoms with E-state index >= 15 is 0 Å². The predicted octanol–water partition coefficient (Wildman–Crippen LogP) is 2.91. The SMILES string of the molecule is O=C(CN1C=Nc2ccccc2C1)OCc1ccccc1. The van der Waals surface area contributed by atoms with Crippen LogP contribution in [0.4, 0.5) is 5.69 Å². The van der Waals surface area contributed by atoms with Crippen molar-refractivity contribution in [2.24, 2.45) is 4.99 Å². The molecule has 1 heterocycles. The Bertz CT molecular complexity index is 653. The molecule has 0 spiro atoms. The van der Waals surface area contributed by atoms with Crippen molar-refractivity contribution < 1.29 is 9.53 Å². The average molecular weight is 280 g/mol. The Hall–Kier alpha value is -2.62. The Morgan fingerprint density at radius 2 is 1.86 bits per heavy atom. The molecule has 2 aromatic carbocycles. The molecule has 0 atom stereocenters. The fourth-order valence-corrected chi connectivity index (χ4v) is 2.22. The van der Waals surface area contributed by atoms with Gasteiger partial charge in [0.2, 0.25) is 0 Å². The highest BCUT2D eigenvalue weighted by molar-refractivity contribution is 5.77. The summed E-state index contributed by atoms with van der Waals surface area (Å²) in [6.07, 6.45) is 1.70. The van der Waals surface area contributed by atoms with E-state index in [1.807, 2.05) is 59.5 Å². The first-order valence-corrected chi connectivity index (χ1v) is 6.87. The van der Waals surface area contributed by atoms with Gasteiger partial charge in [-0.15, -0.1) is 0 Å². The largest absolute Gasteiger partial charge is 0.459 e. The summed E-state index contributed by atoms with van der Waals surface area (Å²) >= 11 is 0. The van der Waals surface area contributed by atoms with Gasteiger partial charge in [0.05, 0.1) is 12.0 Å². The van der Waals surface area contributed by atoms with Crippen LogP contribution in [0.15, 0.2) is 59.6 Å². The minimum Gasteiger partial charge on any atom is -0.459 e. The third-order valence-corrected chi connectivity index (χ3v) is 3.30. The number of esters is 1. The molecule has 0 aliphatic carbocycles. The van der Waals surface area contributed by atoms with Crippen LogP contribution in [0.2, 0.25) is 0 Å². The lowest BCUT2D eigenvalue weighted by Gasteiger charge is -2.23. The van der Waals surface area contributed by atoms with Crippen molar-refractivity contribution in [2.75, 3.05) is 6.54 Å². The Labute approximate surface area is 123 Å². The number of para-hydroxylation sites is 1. The van der Waals surface area contributed by atoms with E-state index in [1.165, 1.54) is 0 Å². The topological polar surface area (TPSA) is 41.9 Å². The second-order valence-electron chi connectivity index (χ2n) is 4.92. The van der Waals surface area contributed by atoms with E-state index in [0.717, 1.165) is 16.8 Å². The molecule has 0 aromatic heterocycles. The lowest BCUT2D eigenvalue weighted by atomic mass is 10.1. The van der Waals surface area contributed by atoms with Crippen molar-refractivity contribution in [3.8, 4) is 0 Å². The normalized spacial score (nSPS) is 12.9. The maximum atomic E-state index is 11.9. The van der Waals surface area contributed by atoms with Crippen molar-refractivity contribution >= 4 is 18.0 Å². The Kier molecular flexibility index (Phi) is 3.96. The van der Waals surface area contributed by atoms with Crippen LogP contribution in [-0.4, -0.2) is 23.8 Å². The second kappa shape index (κ2) is 6.22. The standard InChI is InChI=1S/C17H16N2O2/c20-17(21-12-14-6-2-1-3-7-14)11-19-10-15-8-4-5-9-16(15)18-13-19/h1-9,13H,10-12H2. The van der Waals surface area contributed by atoms with E-state index in [-0.39, 0.29) is 12.5 Å². The van der Waals surface area contributed by atoms with Gasteiger partial charge in [0.25, 0.3) is 0 Å². The van der Waals surface area contributed by atoms with Crippen LogP contribution >= 0.6 is 0 Å².